The fraction of sp³-hybridized carbons (Fsp3) is 0.294. The van der Waals surface area contributed by atoms with Crippen molar-refractivity contribution in [3.05, 3.63) is 40.3 Å². The third-order valence-corrected chi connectivity index (χ3v) is 4.80. The molecule has 3 aromatic rings. The Labute approximate surface area is 158 Å². The Bertz CT molecular complexity index is 1040. The smallest absolute Gasteiger partial charge is 0.268 e. The molecule has 1 atom stereocenters. The number of aliphatic hydroxyl groups excluding tert-OH is 1. The molecule has 140 valence electrons. The van der Waals surface area contributed by atoms with E-state index >= 15 is 0 Å². The van der Waals surface area contributed by atoms with Crippen molar-refractivity contribution >= 4 is 28.7 Å². The van der Waals surface area contributed by atoms with E-state index in [9.17, 15) is 9.90 Å². The predicted octanol–water partition coefficient (Wildman–Crippen LogP) is 1.53. The highest BCUT2D eigenvalue weighted by Gasteiger charge is 2.18. The number of H-pyrrole nitrogens is 1. The van der Waals surface area contributed by atoms with E-state index in [2.05, 4.69) is 25.3 Å². The normalized spacial score (nSPS) is 13.7. The van der Waals surface area contributed by atoms with Gasteiger partial charge in [0, 0.05) is 17.4 Å². The molecule has 27 heavy (non-hydrogen) atoms. The summed E-state index contributed by atoms with van der Waals surface area (Å²) in [7, 11) is 0. The summed E-state index contributed by atoms with van der Waals surface area (Å²) < 4.78 is 10.9. The van der Waals surface area contributed by atoms with E-state index in [0.29, 0.717) is 27.9 Å². The van der Waals surface area contributed by atoms with Crippen LogP contribution in [0.2, 0.25) is 0 Å². The van der Waals surface area contributed by atoms with Gasteiger partial charge in [0.05, 0.1) is 12.8 Å². The van der Waals surface area contributed by atoms with Gasteiger partial charge < -0.3 is 24.9 Å². The first kappa shape index (κ1) is 17.6. The number of fused-ring (bicyclic) bond motifs is 2. The highest BCUT2D eigenvalue weighted by molar-refractivity contribution is 7.98. The van der Waals surface area contributed by atoms with Crippen molar-refractivity contribution in [2.24, 2.45) is 0 Å². The molecule has 0 aliphatic carbocycles. The van der Waals surface area contributed by atoms with Gasteiger partial charge in [0.2, 0.25) is 6.79 Å². The molecular weight excluding hydrogens is 370 g/mol. The second kappa shape index (κ2) is 7.41. The zero-order valence-corrected chi connectivity index (χ0v) is 15.2. The van der Waals surface area contributed by atoms with E-state index < -0.39 is 0 Å². The molecule has 4 rings (SSSR count). The van der Waals surface area contributed by atoms with E-state index in [1.807, 2.05) is 25.1 Å². The lowest BCUT2D eigenvalue weighted by Crippen LogP contribution is -2.21. The molecule has 0 amide bonds. The van der Waals surface area contributed by atoms with Gasteiger partial charge in [-0.05, 0) is 13.0 Å². The summed E-state index contributed by atoms with van der Waals surface area (Å²) in [5.74, 6) is 2.48. The Morgan fingerprint density at radius 1 is 1.37 bits per heavy atom. The number of hydrogen-bond acceptors (Lipinski definition) is 9. The SMILES string of the molecule is CC(CO)Nc1nc(SCc2cccc3c2OCO3)nc2[nH]c(=O)cnc12. The van der Waals surface area contributed by atoms with Crippen LogP contribution in [0.3, 0.4) is 0 Å². The maximum atomic E-state index is 11.6. The number of aliphatic hydroxyl groups is 1. The minimum Gasteiger partial charge on any atom is -0.454 e. The summed E-state index contributed by atoms with van der Waals surface area (Å²) in [6.45, 7) is 1.96. The molecule has 3 N–H and O–H groups in total. The topological polar surface area (TPSA) is 122 Å². The fourth-order valence-corrected chi connectivity index (χ4v) is 3.43. The molecule has 0 bridgehead atoms. The van der Waals surface area contributed by atoms with Crippen LogP contribution in [0.25, 0.3) is 11.2 Å². The van der Waals surface area contributed by atoms with Crippen LogP contribution in [-0.4, -0.2) is 44.5 Å². The molecule has 9 nitrogen and oxygen atoms in total. The quantitative estimate of drug-likeness (QED) is 0.427. The lowest BCUT2D eigenvalue weighted by Gasteiger charge is -2.13. The van der Waals surface area contributed by atoms with Crippen LogP contribution in [0.1, 0.15) is 12.5 Å². The number of rotatable bonds is 6. The summed E-state index contributed by atoms with van der Waals surface area (Å²) in [4.78, 5) is 27.3. The maximum Gasteiger partial charge on any atom is 0.268 e. The first-order valence-corrected chi connectivity index (χ1v) is 9.27. The lowest BCUT2D eigenvalue weighted by atomic mass is 10.2. The first-order chi connectivity index (χ1) is 13.1. The number of benzene rings is 1. The summed E-state index contributed by atoms with van der Waals surface area (Å²) in [5, 5.41) is 12.9. The molecule has 1 aromatic carbocycles. The summed E-state index contributed by atoms with van der Waals surface area (Å²) in [5.41, 5.74) is 1.41. The molecule has 0 spiro atoms. The number of aromatic amines is 1. The number of nitrogens with one attached hydrogen (secondary N) is 2. The average molecular weight is 387 g/mol. The Morgan fingerprint density at radius 3 is 3.11 bits per heavy atom. The van der Waals surface area contributed by atoms with Crippen molar-refractivity contribution in [3.63, 3.8) is 0 Å². The monoisotopic (exact) mass is 387 g/mol. The molecule has 0 fully saturated rings. The van der Waals surface area contributed by atoms with Gasteiger partial charge >= 0.3 is 0 Å². The molecule has 3 heterocycles. The van der Waals surface area contributed by atoms with Crippen LogP contribution in [0.5, 0.6) is 11.5 Å². The van der Waals surface area contributed by atoms with Gasteiger partial charge in [-0.2, -0.15) is 0 Å². The van der Waals surface area contributed by atoms with Crippen LogP contribution in [0, 0.1) is 0 Å². The number of para-hydroxylation sites is 1. The van der Waals surface area contributed by atoms with Crippen molar-refractivity contribution < 1.29 is 14.6 Å². The number of ether oxygens (including phenoxy) is 2. The number of nitrogens with zero attached hydrogens (tertiary/aromatic N) is 3. The fourth-order valence-electron chi connectivity index (χ4n) is 2.61. The molecule has 10 heteroatoms. The molecule has 0 saturated carbocycles. The summed E-state index contributed by atoms with van der Waals surface area (Å²) in [6.07, 6.45) is 1.18. The van der Waals surface area contributed by atoms with Crippen molar-refractivity contribution in [2.45, 2.75) is 23.9 Å². The van der Waals surface area contributed by atoms with Gasteiger partial charge in [-0.15, -0.1) is 0 Å². The Hall–Kier alpha value is -2.85. The Balaban J connectivity index is 1.65. The summed E-state index contributed by atoms with van der Waals surface area (Å²) in [6, 6.07) is 5.50. The van der Waals surface area contributed by atoms with Crippen molar-refractivity contribution in [3.8, 4) is 11.5 Å². The first-order valence-electron chi connectivity index (χ1n) is 8.29. The van der Waals surface area contributed by atoms with E-state index in [-0.39, 0.29) is 25.0 Å². The minimum atomic E-state index is -0.343. The molecule has 2 aromatic heterocycles. The van der Waals surface area contributed by atoms with E-state index in [4.69, 9.17) is 9.47 Å². The van der Waals surface area contributed by atoms with Crippen LogP contribution in [0.15, 0.2) is 34.3 Å². The van der Waals surface area contributed by atoms with Crippen LogP contribution in [0.4, 0.5) is 5.82 Å². The standard InChI is InChI=1S/C17H17N5O4S/c1-9(6-23)19-15-13-16(20-12(24)5-18-13)22-17(21-15)27-7-10-3-2-4-11-14(10)26-8-25-11/h2-5,9,23H,6-8H2,1H3,(H2,19,20,21,22,24). The zero-order chi connectivity index (χ0) is 18.8. The number of thioether (sulfide) groups is 1. The van der Waals surface area contributed by atoms with Gasteiger partial charge in [-0.1, -0.05) is 23.9 Å². The summed E-state index contributed by atoms with van der Waals surface area (Å²) >= 11 is 1.40. The van der Waals surface area contributed by atoms with Gasteiger partial charge in [-0.3, -0.25) is 4.79 Å². The van der Waals surface area contributed by atoms with Crippen LogP contribution >= 0.6 is 11.8 Å². The van der Waals surface area contributed by atoms with Crippen LogP contribution < -0.4 is 20.3 Å². The minimum absolute atomic E-state index is 0.0647. The Morgan fingerprint density at radius 2 is 2.26 bits per heavy atom. The van der Waals surface area contributed by atoms with E-state index in [1.165, 1.54) is 18.0 Å². The van der Waals surface area contributed by atoms with Gasteiger partial charge in [0.25, 0.3) is 5.56 Å². The number of hydrogen-bond donors (Lipinski definition) is 3. The third-order valence-electron chi connectivity index (χ3n) is 3.91. The largest absolute Gasteiger partial charge is 0.454 e. The number of anilines is 1. The van der Waals surface area contributed by atoms with E-state index in [1.54, 1.807) is 0 Å². The van der Waals surface area contributed by atoms with Gasteiger partial charge in [0.15, 0.2) is 28.1 Å². The highest BCUT2D eigenvalue weighted by Crippen LogP contribution is 2.38. The van der Waals surface area contributed by atoms with Gasteiger partial charge in [0.1, 0.15) is 5.52 Å². The molecule has 0 saturated heterocycles. The van der Waals surface area contributed by atoms with Crippen molar-refractivity contribution in [2.75, 3.05) is 18.7 Å². The maximum absolute atomic E-state index is 11.6. The molecule has 1 aliphatic heterocycles. The average Bonchev–Trinajstić information content (AvgIpc) is 3.15. The second-order valence-electron chi connectivity index (χ2n) is 5.97. The van der Waals surface area contributed by atoms with Gasteiger partial charge in [-0.25, -0.2) is 15.0 Å². The van der Waals surface area contributed by atoms with Crippen LogP contribution in [-0.2, 0) is 5.75 Å². The molecular formula is C17H17N5O4S. The van der Waals surface area contributed by atoms with E-state index in [0.717, 1.165) is 17.1 Å². The Kier molecular flexibility index (Phi) is 4.82. The molecule has 1 unspecified atom stereocenters. The van der Waals surface area contributed by atoms with Crippen molar-refractivity contribution in [1.82, 2.24) is 19.9 Å². The zero-order valence-electron chi connectivity index (χ0n) is 14.4. The lowest BCUT2D eigenvalue weighted by molar-refractivity contribution is 0.173. The molecule has 1 aliphatic rings. The number of aromatic nitrogens is 4. The highest BCUT2D eigenvalue weighted by atomic mass is 32.2. The second-order valence-corrected chi connectivity index (χ2v) is 6.91. The predicted molar refractivity (Wildman–Crippen MR) is 100 cm³/mol. The third kappa shape index (κ3) is 3.67. The molecule has 0 radical (unpaired) electrons. The van der Waals surface area contributed by atoms with Crippen molar-refractivity contribution in [1.29, 1.82) is 0 Å².